The second-order valence-electron chi connectivity index (χ2n) is 8.38. The number of halogens is 1. The largest absolute Gasteiger partial charge is 0.490 e. The number of nitrogens with zero attached hydrogens (tertiary/aromatic N) is 4. The zero-order valence-electron chi connectivity index (χ0n) is 20.8. The maximum atomic E-state index is 11.6. The van der Waals surface area contributed by atoms with Crippen LogP contribution in [0.3, 0.4) is 0 Å². The fraction of sp³-hybridized carbons (Fsp3) is 0.259. The van der Waals surface area contributed by atoms with Gasteiger partial charge in [-0.1, -0.05) is 59.3 Å². The molecule has 0 aliphatic rings. The maximum absolute atomic E-state index is 11.6. The molecule has 3 aromatic carbocycles. The SMILES string of the molecule is CCOc1cc([C@@H](C[N+](=O)[O-])Sc2nnc(C)n2-c2ccc(C)cc2)ccc1OCc1ccc(Cl)cc1. The minimum Gasteiger partial charge on any atom is -0.490 e. The van der Waals surface area contributed by atoms with E-state index in [0.717, 1.165) is 22.4 Å². The summed E-state index contributed by atoms with van der Waals surface area (Å²) in [6, 6.07) is 20.8. The first-order valence-corrected chi connectivity index (χ1v) is 13.0. The molecule has 0 bridgehead atoms. The average Bonchev–Trinajstić information content (AvgIpc) is 3.24. The molecule has 1 heterocycles. The van der Waals surface area contributed by atoms with Gasteiger partial charge in [0.1, 0.15) is 17.7 Å². The van der Waals surface area contributed by atoms with E-state index in [-0.39, 0.29) is 11.5 Å². The lowest BCUT2D eigenvalue weighted by Gasteiger charge is -2.17. The Hall–Kier alpha value is -3.56. The smallest absolute Gasteiger partial charge is 0.220 e. The molecule has 8 nitrogen and oxygen atoms in total. The van der Waals surface area contributed by atoms with E-state index in [9.17, 15) is 10.1 Å². The van der Waals surface area contributed by atoms with Crippen molar-refractivity contribution in [2.45, 2.75) is 37.8 Å². The molecule has 0 N–H and O–H groups in total. The van der Waals surface area contributed by atoms with E-state index in [2.05, 4.69) is 10.2 Å². The van der Waals surface area contributed by atoms with Gasteiger partial charge in [-0.05, 0) is 68.3 Å². The molecule has 0 spiro atoms. The first kappa shape index (κ1) is 26.5. The van der Waals surface area contributed by atoms with Crippen molar-refractivity contribution >= 4 is 23.4 Å². The van der Waals surface area contributed by atoms with Gasteiger partial charge in [-0.25, -0.2) is 0 Å². The summed E-state index contributed by atoms with van der Waals surface area (Å²) in [4.78, 5) is 11.3. The minimum absolute atomic E-state index is 0.291. The highest BCUT2D eigenvalue weighted by Crippen LogP contribution is 2.39. The third kappa shape index (κ3) is 6.81. The van der Waals surface area contributed by atoms with Crippen molar-refractivity contribution in [3.8, 4) is 17.2 Å². The summed E-state index contributed by atoms with van der Waals surface area (Å²) in [6.07, 6.45) is 0. The van der Waals surface area contributed by atoms with E-state index in [1.165, 1.54) is 11.8 Å². The Bertz CT molecular complexity index is 1360. The molecule has 4 rings (SSSR count). The molecule has 0 amide bonds. The van der Waals surface area contributed by atoms with Gasteiger partial charge >= 0.3 is 0 Å². The Morgan fingerprint density at radius 1 is 1.00 bits per heavy atom. The fourth-order valence-electron chi connectivity index (χ4n) is 3.74. The molecule has 1 aromatic heterocycles. The number of aromatic nitrogens is 3. The third-order valence-corrected chi connectivity index (χ3v) is 7.03. The lowest BCUT2D eigenvalue weighted by molar-refractivity contribution is -0.479. The van der Waals surface area contributed by atoms with Crippen molar-refractivity contribution in [2.75, 3.05) is 13.2 Å². The highest BCUT2D eigenvalue weighted by Gasteiger charge is 2.25. The predicted octanol–water partition coefficient (Wildman–Crippen LogP) is 6.63. The van der Waals surface area contributed by atoms with Gasteiger partial charge in [0, 0.05) is 15.6 Å². The number of hydrogen-bond acceptors (Lipinski definition) is 7. The Morgan fingerprint density at radius 3 is 2.41 bits per heavy atom. The number of thioether (sulfide) groups is 1. The van der Waals surface area contributed by atoms with Gasteiger partial charge in [0.15, 0.2) is 16.7 Å². The van der Waals surface area contributed by atoms with Crippen LogP contribution in [0.25, 0.3) is 5.69 Å². The van der Waals surface area contributed by atoms with Crippen LogP contribution in [0.1, 0.15) is 34.7 Å². The van der Waals surface area contributed by atoms with E-state index in [0.29, 0.717) is 40.7 Å². The van der Waals surface area contributed by atoms with Crippen molar-refractivity contribution in [1.82, 2.24) is 14.8 Å². The van der Waals surface area contributed by atoms with Crippen LogP contribution in [0.5, 0.6) is 11.5 Å². The molecule has 10 heteroatoms. The lowest BCUT2D eigenvalue weighted by atomic mass is 10.1. The van der Waals surface area contributed by atoms with E-state index in [4.69, 9.17) is 21.1 Å². The van der Waals surface area contributed by atoms with Crippen LogP contribution in [-0.2, 0) is 6.61 Å². The summed E-state index contributed by atoms with van der Waals surface area (Å²) < 4.78 is 13.8. The maximum Gasteiger partial charge on any atom is 0.220 e. The number of benzene rings is 3. The zero-order chi connectivity index (χ0) is 26.4. The highest BCUT2D eigenvalue weighted by molar-refractivity contribution is 7.99. The van der Waals surface area contributed by atoms with Crippen LogP contribution < -0.4 is 9.47 Å². The molecule has 0 aliphatic heterocycles. The summed E-state index contributed by atoms with van der Waals surface area (Å²) in [5.74, 6) is 1.79. The van der Waals surface area contributed by atoms with Crippen LogP contribution >= 0.6 is 23.4 Å². The predicted molar refractivity (Wildman–Crippen MR) is 145 cm³/mol. The molecular formula is C27H27ClN4O4S. The van der Waals surface area contributed by atoms with Crippen molar-refractivity contribution in [2.24, 2.45) is 0 Å². The van der Waals surface area contributed by atoms with Crippen LogP contribution in [0.4, 0.5) is 0 Å². The van der Waals surface area contributed by atoms with Crippen LogP contribution in [0.15, 0.2) is 71.9 Å². The van der Waals surface area contributed by atoms with Gasteiger partial charge in [0.05, 0.1) is 6.61 Å². The quantitative estimate of drug-likeness (QED) is 0.120. The van der Waals surface area contributed by atoms with E-state index < -0.39 is 5.25 Å². The van der Waals surface area contributed by atoms with E-state index in [1.807, 2.05) is 79.9 Å². The van der Waals surface area contributed by atoms with Crippen molar-refractivity contribution in [1.29, 1.82) is 0 Å². The first-order chi connectivity index (χ1) is 17.8. The monoisotopic (exact) mass is 538 g/mol. The molecule has 1 atom stereocenters. The molecule has 0 saturated heterocycles. The van der Waals surface area contributed by atoms with Gasteiger partial charge in [-0.15, -0.1) is 10.2 Å². The Balaban J connectivity index is 1.61. The second kappa shape index (κ2) is 12.1. The molecule has 0 radical (unpaired) electrons. The Morgan fingerprint density at radius 2 is 1.73 bits per heavy atom. The number of nitro groups is 1. The topological polar surface area (TPSA) is 92.3 Å². The van der Waals surface area contributed by atoms with Crippen molar-refractivity contribution < 1.29 is 14.4 Å². The zero-order valence-corrected chi connectivity index (χ0v) is 22.3. The number of ether oxygens (including phenoxy) is 2. The van der Waals surface area contributed by atoms with Gasteiger partial charge in [0.2, 0.25) is 6.54 Å². The van der Waals surface area contributed by atoms with Crippen molar-refractivity contribution in [3.05, 3.63) is 104 Å². The summed E-state index contributed by atoms with van der Waals surface area (Å²) >= 11 is 7.27. The molecule has 37 heavy (non-hydrogen) atoms. The molecular weight excluding hydrogens is 512 g/mol. The summed E-state index contributed by atoms with van der Waals surface area (Å²) in [5.41, 5.74) is 3.73. The molecule has 192 valence electrons. The highest BCUT2D eigenvalue weighted by atomic mass is 35.5. The summed E-state index contributed by atoms with van der Waals surface area (Å²) in [6.45, 7) is 6.23. The van der Waals surface area contributed by atoms with Crippen LogP contribution in [0.2, 0.25) is 5.02 Å². The second-order valence-corrected chi connectivity index (χ2v) is 9.98. The molecule has 0 aliphatic carbocycles. The standard InChI is InChI=1S/C27H27ClN4O4S/c1-4-35-25-15-21(9-14-24(25)36-17-20-7-10-22(28)11-8-20)26(16-31(33)34)37-27-30-29-19(3)32(27)23-12-5-18(2)6-13-23/h5-15,26H,4,16-17H2,1-3H3/t26-/m1/s1. The average molecular weight is 539 g/mol. The number of rotatable bonds is 11. The molecule has 0 unspecified atom stereocenters. The van der Waals surface area contributed by atoms with E-state index >= 15 is 0 Å². The Kier molecular flexibility index (Phi) is 8.68. The molecule has 0 fully saturated rings. The number of hydrogen-bond donors (Lipinski definition) is 0. The Labute approximate surface area is 224 Å². The van der Waals surface area contributed by atoms with E-state index in [1.54, 1.807) is 12.1 Å². The van der Waals surface area contributed by atoms with Gasteiger partial charge in [-0.2, -0.15) is 0 Å². The first-order valence-electron chi connectivity index (χ1n) is 11.8. The fourth-order valence-corrected chi connectivity index (χ4v) is 5.03. The number of aryl methyl sites for hydroxylation is 2. The van der Waals surface area contributed by atoms with Gasteiger partial charge < -0.3 is 9.47 Å². The minimum atomic E-state index is -0.521. The molecule has 4 aromatic rings. The summed E-state index contributed by atoms with van der Waals surface area (Å²) in [7, 11) is 0. The van der Waals surface area contributed by atoms with Gasteiger partial charge in [0.25, 0.3) is 0 Å². The molecule has 0 saturated carbocycles. The third-order valence-electron chi connectivity index (χ3n) is 5.60. The normalized spacial score (nSPS) is 11.8. The summed E-state index contributed by atoms with van der Waals surface area (Å²) in [5, 5.41) is 20.9. The van der Waals surface area contributed by atoms with Crippen LogP contribution in [0, 0.1) is 24.0 Å². The van der Waals surface area contributed by atoms with Gasteiger partial charge in [-0.3, -0.25) is 14.7 Å². The van der Waals surface area contributed by atoms with Crippen molar-refractivity contribution in [3.63, 3.8) is 0 Å². The van der Waals surface area contributed by atoms with Crippen LogP contribution in [-0.4, -0.2) is 32.8 Å². The lowest BCUT2D eigenvalue weighted by Crippen LogP contribution is -2.11.